The van der Waals surface area contributed by atoms with Crippen LogP contribution in [-0.2, 0) is 13.8 Å². The highest BCUT2D eigenvalue weighted by molar-refractivity contribution is 8.13. The second-order valence-corrected chi connectivity index (χ2v) is 5.35. The number of hydrogen-bond donors (Lipinski definition) is 0. The maximum Gasteiger partial charge on any atom is 0.264 e. The Bertz CT molecular complexity index is 409. The van der Waals surface area contributed by atoms with Gasteiger partial charge in [0.1, 0.15) is 4.90 Å². The van der Waals surface area contributed by atoms with E-state index in [0.29, 0.717) is 13.2 Å². The van der Waals surface area contributed by atoms with Crippen molar-refractivity contribution in [3.05, 3.63) is 12.4 Å². The number of nitrogens with zero attached hydrogens (tertiary/aromatic N) is 2. The summed E-state index contributed by atoms with van der Waals surface area (Å²) in [5, 5.41) is 3.88. The van der Waals surface area contributed by atoms with Crippen LogP contribution in [0.3, 0.4) is 0 Å². The maximum atomic E-state index is 10.9. The van der Waals surface area contributed by atoms with Gasteiger partial charge < -0.3 is 4.74 Å². The van der Waals surface area contributed by atoms with Crippen molar-refractivity contribution in [3.8, 4) is 0 Å². The predicted molar refractivity (Wildman–Crippen MR) is 45.1 cm³/mol. The summed E-state index contributed by atoms with van der Waals surface area (Å²) in [5.74, 6) is 0. The van der Waals surface area contributed by atoms with Gasteiger partial charge in [0.2, 0.25) is 0 Å². The van der Waals surface area contributed by atoms with Crippen LogP contribution in [0.1, 0.15) is 6.04 Å². The topological polar surface area (TPSA) is 61.2 Å². The molecule has 0 aromatic carbocycles. The van der Waals surface area contributed by atoms with E-state index >= 15 is 0 Å². The van der Waals surface area contributed by atoms with Crippen molar-refractivity contribution in [1.29, 1.82) is 0 Å². The average molecular weight is 223 g/mol. The van der Waals surface area contributed by atoms with Crippen molar-refractivity contribution in [1.82, 2.24) is 9.78 Å². The van der Waals surface area contributed by atoms with Crippen molar-refractivity contribution in [3.63, 3.8) is 0 Å². The highest BCUT2D eigenvalue weighted by atomic mass is 35.7. The monoisotopic (exact) mass is 222 g/mol. The minimum atomic E-state index is -3.65. The van der Waals surface area contributed by atoms with Crippen molar-refractivity contribution >= 4 is 19.7 Å². The first kappa shape index (κ1) is 8.98. The molecule has 2 heterocycles. The first-order valence-corrected chi connectivity index (χ1v) is 5.95. The predicted octanol–water partition coefficient (Wildman–Crippen LogP) is 0.382. The third-order valence-corrected chi connectivity index (χ3v) is 3.16. The molecule has 0 saturated carbocycles. The van der Waals surface area contributed by atoms with Crippen LogP contribution in [-0.4, -0.2) is 31.4 Å². The third-order valence-electron chi connectivity index (χ3n) is 1.85. The highest BCUT2D eigenvalue weighted by Gasteiger charge is 2.23. The van der Waals surface area contributed by atoms with Gasteiger partial charge in [-0.05, 0) is 0 Å². The fourth-order valence-electron chi connectivity index (χ4n) is 1.02. The zero-order valence-electron chi connectivity index (χ0n) is 6.55. The fourth-order valence-corrected chi connectivity index (χ4v) is 1.67. The summed E-state index contributed by atoms with van der Waals surface area (Å²) in [4.78, 5) is 0.0288. The molecule has 1 aliphatic rings. The molecule has 1 fully saturated rings. The lowest BCUT2D eigenvalue weighted by Crippen LogP contribution is -2.30. The molecule has 0 radical (unpaired) electrons. The second-order valence-electron chi connectivity index (χ2n) is 2.79. The van der Waals surface area contributed by atoms with Crippen LogP contribution >= 0.6 is 10.7 Å². The number of halogens is 1. The second kappa shape index (κ2) is 2.97. The van der Waals surface area contributed by atoms with Gasteiger partial charge in [-0.15, -0.1) is 0 Å². The number of rotatable bonds is 2. The van der Waals surface area contributed by atoms with Crippen molar-refractivity contribution in [2.45, 2.75) is 10.9 Å². The fraction of sp³-hybridized carbons (Fsp3) is 0.500. The van der Waals surface area contributed by atoms with Crippen LogP contribution in [0.15, 0.2) is 17.3 Å². The van der Waals surface area contributed by atoms with E-state index in [9.17, 15) is 8.42 Å². The lowest BCUT2D eigenvalue weighted by Gasteiger charge is -2.25. The van der Waals surface area contributed by atoms with E-state index in [0.717, 1.165) is 0 Å². The highest BCUT2D eigenvalue weighted by Crippen LogP contribution is 2.19. The number of aromatic nitrogens is 2. The molecule has 0 bridgehead atoms. The Morgan fingerprint density at radius 3 is 2.69 bits per heavy atom. The minimum Gasteiger partial charge on any atom is -0.377 e. The molecule has 0 spiro atoms. The van der Waals surface area contributed by atoms with Gasteiger partial charge in [0.25, 0.3) is 9.05 Å². The lowest BCUT2D eigenvalue weighted by atomic mass is 10.3. The third kappa shape index (κ3) is 1.70. The Kier molecular flexibility index (Phi) is 2.05. The summed E-state index contributed by atoms with van der Waals surface area (Å²) in [5.41, 5.74) is 0. The van der Waals surface area contributed by atoms with Crippen LogP contribution in [0.5, 0.6) is 0 Å². The van der Waals surface area contributed by atoms with Crippen LogP contribution in [0.25, 0.3) is 0 Å². The molecule has 0 N–H and O–H groups in total. The molecule has 0 atom stereocenters. The summed E-state index contributed by atoms with van der Waals surface area (Å²) in [7, 11) is 1.47. The van der Waals surface area contributed by atoms with Crippen LogP contribution < -0.4 is 0 Å². The smallest absolute Gasteiger partial charge is 0.264 e. The Balaban J connectivity index is 2.27. The van der Waals surface area contributed by atoms with Gasteiger partial charge in [0.15, 0.2) is 0 Å². The molecule has 2 rings (SSSR count). The van der Waals surface area contributed by atoms with E-state index < -0.39 is 9.05 Å². The van der Waals surface area contributed by atoms with Gasteiger partial charge in [-0.2, -0.15) is 5.10 Å². The zero-order chi connectivity index (χ0) is 9.47. The molecule has 1 aliphatic heterocycles. The molecule has 5 nitrogen and oxygen atoms in total. The van der Waals surface area contributed by atoms with E-state index in [1.54, 1.807) is 4.68 Å². The van der Waals surface area contributed by atoms with E-state index in [4.69, 9.17) is 15.4 Å². The molecule has 13 heavy (non-hydrogen) atoms. The van der Waals surface area contributed by atoms with Gasteiger partial charge in [0, 0.05) is 16.9 Å². The van der Waals surface area contributed by atoms with Crippen molar-refractivity contribution in [2.75, 3.05) is 13.2 Å². The van der Waals surface area contributed by atoms with E-state index in [1.807, 2.05) is 0 Å². The maximum absolute atomic E-state index is 10.9. The van der Waals surface area contributed by atoms with Crippen molar-refractivity contribution in [2.24, 2.45) is 0 Å². The van der Waals surface area contributed by atoms with E-state index in [1.165, 1.54) is 12.4 Å². The molecule has 1 aromatic rings. The molecule has 7 heteroatoms. The standard InChI is InChI=1S/C6H7ClN2O3S/c7-13(10,11)6-1-8-9(2-6)5-3-12-4-5/h1-2,5H,3-4H2. The van der Waals surface area contributed by atoms with E-state index in [-0.39, 0.29) is 10.9 Å². The quantitative estimate of drug-likeness (QED) is 0.679. The molecule has 0 aliphatic carbocycles. The summed E-state index contributed by atoms with van der Waals surface area (Å²) in [6.45, 7) is 1.15. The van der Waals surface area contributed by atoms with Crippen molar-refractivity contribution < 1.29 is 13.2 Å². The van der Waals surface area contributed by atoms with Crippen LogP contribution in [0.4, 0.5) is 0 Å². The molecule has 1 saturated heterocycles. The largest absolute Gasteiger partial charge is 0.377 e. The summed E-state index contributed by atoms with van der Waals surface area (Å²) < 4.78 is 28.2. The zero-order valence-corrected chi connectivity index (χ0v) is 8.12. The Hall–Kier alpha value is -0.590. The Morgan fingerprint density at radius 1 is 1.62 bits per heavy atom. The van der Waals surface area contributed by atoms with Crippen LogP contribution in [0, 0.1) is 0 Å². The molecule has 72 valence electrons. The van der Waals surface area contributed by atoms with Crippen LogP contribution in [0.2, 0.25) is 0 Å². The summed E-state index contributed by atoms with van der Waals surface area (Å²) in [6.07, 6.45) is 2.65. The van der Waals surface area contributed by atoms with Gasteiger partial charge in [-0.25, -0.2) is 8.42 Å². The summed E-state index contributed by atoms with van der Waals surface area (Å²) >= 11 is 0. The molecule has 0 unspecified atom stereocenters. The molecular formula is C6H7ClN2O3S. The Morgan fingerprint density at radius 2 is 2.31 bits per heavy atom. The van der Waals surface area contributed by atoms with Gasteiger partial charge >= 0.3 is 0 Å². The first-order chi connectivity index (χ1) is 6.07. The molecule has 1 aromatic heterocycles. The lowest BCUT2D eigenvalue weighted by molar-refractivity contribution is -0.0287. The van der Waals surface area contributed by atoms with E-state index in [2.05, 4.69) is 5.10 Å². The van der Waals surface area contributed by atoms with Gasteiger partial charge in [-0.3, -0.25) is 4.68 Å². The SMILES string of the molecule is O=S(=O)(Cl)c1cnn(C2COC2)c1. The molecule has 0 amide bonds. The molecular weight excluding hydrogens is 216 g/mol. The van der Waals surface area contributed by atoms with Gasteiger partial charge in [0.05, 0.1) is 25.5 Å². The number of hydrogen-bond acceptors (Lipinski definition) is 4. The Labute approximate surface area is 79.7 Å². The number of ether oxygens (including phenoxy) is 1. The normalized spacial score (nSPS) is 18.5. The summed E-state index contributed by atoms with van der Waals surface area (Å²) in [6, 6.07) is 0.146. The minimum absolute atomic E-state index is 0.0288. The average Bonchev–Trinajstić information content (AvgIpc) is 2.29. The first-order valence-electron chi connectivity index (χ1n) is 3.64. The van der Waals surface area contributed by atoms with Gasteiger partial charge in [-0.1, -0.05) is 0 Å².